The van der Waals surface area contributed by atoms with Gasteiger partial charge in [-0.05, 0) is 37.4 Å². The van der Waals surface area contributed by atoms with Crippen molar-refractivity contribution in [3.05, 3.63) is 36.2 Å². The van der Waals surface area contributed by atoms with E-state index in [1.807, 2.05) is 30.5 Å². The standard InChI is InChI=1S/C16H21N3O/c1-2-17-16(12-7-9-20-10-8-12)15-11-18-13-5-3-4-6-14(13)19-15/h3-6,11-12,16-17H,2,7-10H2,1H3. The highest BCUT2D eigenvalue weighted by atomic mass is 16.5. The van der Waals surface area contributed by atoms with Crippen molar-refractivity contribution < 1.29 is 4.74 Å². The highest BCUT2D eigenvalue weighted by Crippen LogP contribution is 2.29. The van der Waals surface area contributed by atoms with E-state index in [4.69, 9.17) is 9.72 Å². The lowest BCUT2D eigenvalue weighted by Gasteiger charge is -2.30. The lowest BCUT2D eigenvalue weighted by molar-refractivity contribution is 0.0533. The summed E-state index contributed by atoms with van der Waals surface area (Å²) in [6, 6.07) is 8.32. The molecule has 1 aromatic carbocycles. The van der Waals surface area contributed by atoms with E-state index in [0.29, 0.717) is 5.92 Å². The Morgan fingerprint density at radius 2 is 2.00 bits per heavy atom. The van der Waals surface area contributed by atoms with Crippen LogP contribution in [-0.4, -0.2) is 29.7 Å². The molecule has 0 saturated carbocycles. The lowest BCUT2D eigenvalue weighted by atomic mass is 9.89. The predicted octanol–water partition coefficient (Wildman–Crippen LogP) is 2.71. The number of aromatic nitrogens is 2. The summed E-state index contributed by atoms with van der Waals surface area (Å²) in [5, 5.41) is 3.58. The van der Waals surface area contributed by atoms with Crippen LogP contribution in [0.25, 0.3) is 11.0 Å². The van der Waals surface area contributed by atoms with E-state index in [9.17, 15) is 0 Å². The van der Waals surface area contributed by atoms with E-state index in [2.05, 4.69) is 17.2 Å². The largest absolute Gasteiger partial charge is 0.381 e. The quantitative estimate of drug-likeness (QED) is 0.928. The van der Waals surface area contributed by atoms with Crippen LogP contribution in [0.1, 0.15) is 31.5 Å². The Balaban J connectivity index is 1.91. The molecular weight excluding hydrogens is 250 g/mol. The number of fused-ring (bicyclic) bond motifs is 1. The molecule has 1 aliphatic heterocycles. The molecule has 1 fully saturated rings. The van der Waals surface area contributed by atoms with Crippen molar-refractivity contribution in [2.75, 3.05) is 19.8 Å². The van der Waals surface area contributed by atoms with Crippen LogP contribution in [0.4, 0.5) is 0 Å². The van der Waals surface area contributed by atoms with Crippen molar-refractivity contribution in [2.24, 2.45) is 5.92 Å². The maximum Gasteiger partial charge on any atom is 0.0890 e. The summed E-state index contributed by atoms with van der Waals surface area (Å²) < 4.78 is 5.47. The highest BCUT2D eigenvalue weighted by molar-refractivity contribution is 5.73. The third-order valence-electron chi connectivity index (χ3n) is 3.95. The molecule has 3 rings (SSSR count). The van der Waals surface area contributed by atoms with Gasteiger partial charge in [0.25, 0.3) is 0 Å². The fourth-order valence-electron chi connectivity index (χ4n) is 2.90. The van der Waals surface area contributed by atoms with Crippen LogP contribution < -0.4 is 5.32 Å². The average molecular weight is 271 g/mol. The first kappa shape index (κ1) is 13.5. The van der Waals surface area contributed by atoms with Crippen LogP contribution in [-0.2, 0) is 4.74 Å². The van der Waals surface area contributed by atoms with Crippen LogP contribution in [0, 0.1) is 5.92 Å². The van der Waals surface area contributed by atoms with Gasteiger partial charge in [0.15, 0.2) is 0 Å². The molecule has 0 aliphatic carbocycles. The first-order valence-electron chi connectivity index (χ1n) is 7.41. The van der Waals surface area contributed by atoms with E-state index in [0.717, 1.165) is 49.3 Å². The molecule has 1 aromatic heterocycles. The van der Waals surface area contributed by atoms with Gasteiger partial charge in [0.1, 0.15) is 0 Å². The Labute approximate surface area is 119 Å². The third kappa shape index (κ3) is 2.81. The third-order valence-corrected chi connectivity index (χ3v) is 3.95. The van der Waals surface area contributed by atoms with Crippen molar-refractivity contribution in [1.82, 2.24) is 15.3 Å². The minimum atomic E-state index is 0.279. The normalized spacial score (nSPS) is 18.2. The molecule has 1 atom stereocenters. The van der Waals surface area contributed by atoms with E-state index >= 15 is 0 Å². The van der Waals surface area contributed by atoms with Gasteiger partial charge in [-0.2, -0.15) is 0 Å². The molecule has 2 aromatic rings. The molecule has 0 bridgehead atoms. The van der Waals surface area contributed by atoms with Crippen molar-refractivity contribution in [2.45, 2.75) is 25.8 Å². The predicted molar refractivity (Wildman–Crippen MR) is 79.5 cm³/mol. The molecule has 1 unspecified atom stereocenters. The fourth-order valence-corrected chi connectivity index (χ4v) is 2.90. The minimum absolute atomic E-state index is 0.279. The second kappa shape index (κ2) is 6.29. The first-order valence-corrected chi connectivity index (χ1v) is 7.41. The maximum absolute atomic E-state index is 5.47. The monoisotopic (exact) mass is 271 g/mol. The SMILES string of the molecule is CCNC(c1cnc2ccccc2n1)C1CCOCC1. The van der Waals surface area contributed by atoms with Gasteiger partial charge < -0.3 is 10.1 Å². The van der Waals surface area contributed by atoms with Crippen LogP contribution in [0.15, 0.2) is 30.5 Å². The number of hydrogen-bond acceptors (Lipinski definition) is 4. The summed E-state index contributed by atoms with van der Waals surface area (Å²) in [5.74, 6) is 0.583. The molecular formula is C16H21N3O. The number of ether oxygens (including phenoxy) is 1. The second-order valence-electron chi connectivity index (χ2n) is 5.27. The Morgan fingerprint density at radius 3 is 2.75 bits per heavy atom. The summed E-state index contributed by atoms with van der Waals surface area (Å²) in [6.45, 7) is 4.79. The second-order valence-corrected chi connectivity index (χ2v) is 5.27. The van der Waals surface area contributed by atoms with Crippen LogP contribution in [0.2, 0.25) is 0 Å². The number of nitrogens with one attached hydrogen (secondary N) is 1. The van der Waals surface area contributed by atoms with Gasteiger partial charge in [0.05, 0.1) is 29.0 Å². The van der Waals surface area contributed by atoms with Crippen LogP contribution in [0.3, 0.4) is 0 Å². The van der Waals surface area contributed by atoms with Crippen LogP contribution in [0.5, 0.6) is 0 Å². The Bertz CT molecular complexity index is 566. The summed E-state index contributed by atoms with van der Waals surface area (Å²) >= 11 is 0. The zero-order valence-corrected chi connectivity index (χ0v) is 11.9. The van der Waals surface area contributed by atoms with Crippen molar-refractivity contribution in [3.8, 4) is 0 Å². The molecule has 1 saturated heterocycles. The van der Waals surface area contributed by atoms with E-state index in [-0.39, 0.29) is 6.04 Å². The number of nitrogens with zero attached hydrogens (tertiary/aromatic N) is 2. The summed E-state index contributed by atoms with van der Waals surface area (Å²) in [6.07, 6.45) is 4.10. The fraction of sp³-hybridized carbons (Fsp3) is 0.500. The van der Waals surface area contributed by atoms with Gasteiger partial charge in [-0.25, -0.2) is 4.98 Å². The molecule has 106 valence electrons. The molecule has 0 spiro atoms. The molecule has 4 nitrogen and oxygen atoms in total. The Morgan fingerprint density at radius 1 is 1.25 bits per heavy atom. The minimum Gasteiger partial charge on any atom is -0.381 e. The van der Waals surface area contributed by atoms with Crippen molar-refractivity contribution in [3.63, 3.8) is 0 Å². The van der Waals surface area contributed by atoms with Gasteiger partial charge in [-0.3, -0.25) is 4.98 Å². The summed E-state index contributed by atoms with van der Waals surface area (Å²) in [4.78, 5) is 9.35. The maximum atomic E-state index is 5.47. The number of rotatable bonds is 4. The number of hydrogen-bond donors (Lipinski definition) is 1. The smallest absolute Gasteiger partial charge is 0.0890 e. The zero-order chi connectivity index (χ0) is 13.8. The van der Waals surface area contributed by atoms with Gasteiger partial charge >= 0.3 is 0 Å². The Kier molecular flexibility index (Phi) is 4.23. The molecule has 0 amide bonds. The highest BCUT2D eigenvalue weighted by Gasteiger charge is 2.26. The molecule has 2 heterocycles. The summed E-state index contributed by atoms with van der Waals surface area (Å²) in [7, 11) is 0. The summed E-state index contributed by atoms with van der Waals surface area (Å²) in [5.41, 5.74) is 2.98. The van der Waals surface area contributed by atoms with E-state index < -0.39 is 0 Å². The first-order chi connectivity index (χ1) is 9.88. The molecule has 0 radical (unpaired) electrons. The van der Waals surface area contributed by atoms with E-state index in [1.54, 1.807) is 0 Å². The van der Waals surface area contributed by atoms with Crippen molar-refractivity contribution in [1.29, 1.82) is 0 Å². The number of para-hydroxylation sites is 2. The van der Waals surface area contributed by atoms with Gasteiger partial charge in [-0.15, -0.1) is 0 Å². The molecule has 20 heavy (non-hydrogen) atoms. The molecule has 1 N–H and O–H groups in total. The van der Waals surface area contributed by atoms with E-state index in [1.165, 1.54) is 0 Å². The lowest BCUT2D eigenvalue weighted by Crippen LogP contribution is -2.32. The molecule has 4 heteroatoms. The zero-order valence-electron chi connectivity index (χ0n) is 11.9. The number of benzene rings is 1. The topological polar surface area (TPSA) is 47.0 Å². The van der Waals surface area contributed by atoms with Gasteiger partial charge in [0, 0.05) is 13.2 Å². The van der Waals surface area contributed by atoms with Crippen LogP contribution >= 0.6 is 0 Å². The average Bonchev–Trinajstić information content (AvgIpc) is 2.53. The van der Waals surface area contributed by atoms with Gasteiger partial charge in [0.2, 0.25) is 0 Å². The Hall–Kier alpha value is -1.52. The van der Waals surface area contributed by atoms with Gasteiger partial charge in [-0.1, -0.05) is 19.1 Å². The van der Waals surface area contributed by atoms with Crippen molar-refractivity contribution >= 4 is 11.0 Å². The molecule has 1 aliphatic rings.